The van der Waals surface area contributed by atoms with Crippen LogP contribution in [0.15, 0.2) is 0 Å². The number of hydrogen-bond donors (Lipinski definition) is 2. The normalized spacial score (nSPS) is 19.8. The van der Waals surface area contributed by atoms with E-state index in [1.807, 2.05) is 9.80 Å². The number of rotatable bonds is 17. The lowest BCUT2D eigenvalue weighted by molar-refractivity contribution is -0.144. The maximum absolute atomic E-state index is 12.3. The third kappa shape index (κ3) is 13.4. The Labute approximate surface area is 248 Å². The second-order valence-electron chi connectivity index (χ2n) is 11.2. The van der Waals surface area contributed by atoms with Gasteiger partial charge in [-0.05, 0) is 47.0 Å². The zero-order valence-electron chi connectivity index (χ0n) is 25.4. The molecule has 2 N–H and O–H groups in total. The number of aliphatic carboxylic acids is 2. The molecule has 238 valence electrons. The highest BCUT2D eigenvalue weighted by molar-refractivity contribution is 5.79. The van der Waals surface area contributed by atoms with Crippen LogP contribution in [0, 0.1) is 0 Å². The maximum atomic E-state index is 12.3. The van der Waals surface area contributed by atoms with E-state index in [2.05, 4.69) is 0 Å². The van der Waals surface area contributed by atoms with E-state index in [0.717, 1.165) is 12.6 Å². The van der Waals surface area contributed by atoms with Crippen LogP contribution >= 0.6 is 0 Å². The van der Waals surface area contributed by atoms with Crippen LogP contribution < -0.4 is 0 Å². The topological polar surface area (TPSA) is 173 Å². The van der Waals surface area contributed by atoms with Gasteiger partial charge in [-0.2, -0.15) is 0 Å². The molecular formula is C29H48N4O9. The molecule has 1 fully saturated rings. The first-order chi connectivity index (χ1) is 19.8. The molecule has 0 radical (unpaired) electrons. The molecule has 0 aliphatic carbocycles. The van der Waals surface area contributed by atoms with Crippen molar-refractivity contribution in [3.05, 3.63) is 0 Å². The Hall–Kier alpha value is -2.87. The van der Waals surface area contributed by atoms with Crippen molar-refractivity contribution in [1.29, 1.82) is 0 Å². The summed E-state index contributed by atoms with van der Waals surface area (Å²) in [6.45, 7) is 8.07. The molecule has 13 heteroatoms. The Bertz CT molecular complexity index is 892. The van der Waals surface area contributed by atoms with Gasteiger partial charge in [0.1, 0.15) is 42.0 Å². The van der Waals surface area contributed by atoms with Crippen LogP contribution in [0.4, 0.5) is 0 Å². The first-order valence-electron chi connectivity index (χ1n) is 14.6. The minimum Gasteiger partial charge on any atom is -0.480 e. The van der Waals surface area contributed by atoms with E-state index >= 15 is 0 Å². The van der Waals surface area contributed by atoms with Crippen LogP contribution in [0.3, 0.4) is 0 Å². The van der Waals surface area contributed by atoms with Gasteiger partial charge in [-0.3, -0.25) is 29.2 Å². The van der Waals surface area contributed by atoms with Crippen LogP contribution in [-0.4, -0.2) is 148 Å². The number of aldehydes is 2. The number of carboxylic acid groups (broad SMARTS) is 2. The summed E-state index contributed by atoms with van der Waals surface area (Å²) >= 11 is 0. The smallest absolute Gasteiger partial charge is 0.320 e. The fraction of sp³-hybridized carbons (Fsp3) is 0.759. The van der Waals surface area contributed by atoms with Crippen molar-refractivity contribution in [2.24, 2.45) is 0 Å². The molecule has 0 spiro atoms. The van der Waals surface area contributed by atoms with E-state index in [0.29, 0.717) is 13.1 Å². The molecule has 4 unspecified atom stereocenters. The molecule has 1 aliphatic rings. The predicted molar refractivity (Wildman–Crippen MR) is 154 cm³/mol. The van der Waals surface area contributed by atoms with Crippen LogP contribution in [0.5, 0.6) is 0 Å². The van der Waals surface area contributed by atoms with Crippen LogP contribution in [0.2, 0.25) is 0 Å². The molecule has 1 heterocycles. The lowest BCUT2D eigenvalue weighted by Crippen LogP contribution is -2.55. The van der Waals surface area contributed by atoms with E-state index in [1.54, 1.807) is 16.7 Å². The summed E-state index contributed by atoms with van der Waals surface area (Å²) in [6, 6.07) is -3.08. The van der Waals surface area contributed by atoms with Crippen molar-refractivity contribution in [2.75, 3.05) is 52.4 Å². The van der Waals surface area contributed by atoms with Gasteiger partial charge in [0.25, 0.3) is 0 Å². The summed E-state index contributed by atoms with van der Waals surface area (Å²) in [7, 11) is 0. The summed E-state index contributed by atoms with van der Waals surface area (Å²) in [5.74, 6) is -2.48. The summed E-state index contributed by atoms with van der Waals surface area (Å²) < 4.78 is 0. The zero-order chi connectivity index (χ0) is 31.8. The molecule has 1 saturated heterocycles. The molecule has 0 aromatic heterocycles. The molecule has 0 amide bonds. The second kappa shape index (κ2) is 19.3. The highest BCUT2D eigenvalue weighted by atomic mass is 16.4. The Morgan fingerprint density at radius 3 is 1.21 bits per heavy atom. The van der Waals surface area contributed by atoms with E-state index in [-0.39, 0.29) is 95.1 Å². The molecule has 13 nitrogen and oxygen atoms in total. The average molecular weight is 597 g/mol. The van der Waals surface area contributed by atoms with Crippen LogP contribution in [-0.2, 0) is 33.6 Å². The van der Waals surface area contributed by atoms with Crippen LogP contribution in [0.25, 0.3) is 0 Å². The Balaban J connectivity index is 3.45. The van der Waals surface area contributed by atoms with Gasteiger partial charge in [-0.25, -0.2) is 0 Å². The van der Waals surface area contributed by atoms with Gasteiger partial charge in [0.05, 0.1) is 12.1 Å². The van der Waals surface area contributed by atoms with Gasteiger partial charge in [0, 0.05) is 71.6 Å². The van der Waals surface area contributed by atoms with Crippen molar-refractivity contribution >= 4 is 41.9 Å². The molecule has 4 atom stereocenters. The molecule has 0 saturated carbocycles. The van der Waals surface area contributed by atoms with Gasteiger partial charge in [-0.15, -0.1) is 0 Å². The fourth-order valence-corrected chi connectivity index (χ4v) is 5.22. The third-order valence-corrected chi connectivity index (χ3v) is 7.88. The van der Waals surface area contributed by atoms with E-state index in [4.69, 9.17) is 0 Å². The highest BCUT2D eigenvalue weighted by Crippen LogP contribution is 2.16. The maximum Gasteiger partial charge on any atom is 0.320 e. The van der Waals surface area contributed by atoms with Gasteiger partial charge < -0.3 is 34.2 Å². The molecule has 0 aromatic rings. The van der Waals surface area contributed by atoms with Crippen molar-refractivity contribution in [3.8, 4) is 0 Å². The summed E-state index contributed by atoms with van der Waals surface area (Å²) in [4.78, 5) is 90.7. The van der Waals surface area contributed by atoms with Crippen molar-refractivity contribution in [2.45, 2.75) is 90.4 Å². The second-order valence-corrected chi connectivity index (χ2v) is 11.2. The highest BCUT2D eigenvalue weighted by Gasteiger charge is 2.31. The SMILES string of the molecule is CC(=O)CCC(C=O)N1CCN(C(CCC(C)=O)C(=O)O)CCN(C(C)C=O)CCN(C(CCC(C)=O)C(=O)O)CC1. The lowest BCUT2D eigenvalue weighted by atomic mass is 10.1. The molecule has 42 heavy (non-hydrogen) atoms. The Kier molecular flexibility index (Phi) is 17.1. The molecule has 0 bridgehead atoms. The van der Waals surface area contributed by atoms with Crippen molar-refractivity contribution in [3.63, 3.8) is 0 Å². The first kappa shape index (κ1) is 37.2. The van der Waals surface area contributed by atoms with Gasteiger partial charge in [-0.1, -0.05) is 0 Å². The average Bonchev–Trinajstić information content (AvgIpc) is 2.90. The number of hydrogen-bond acceptors (Lipinski definition) is 11. The molecule has 1 rings (SSSR count). The minimum absolute atomic E-state index is 0.0748. The number of carbonyl (C=O) groups excluding carboxylic acids is 5. The monoisotopic (exact) mass is 596 g/mol. The number of carboxylic acids is 2. The lowest BCUT2D eigenvalue weighted by Gasteiger charge is -2.39. The summed E-state index contributed by atoms with van der Waals surface area (Å²) in [5.41, 5.74) is 0. The van der Waals surface area contributed by atoms with Gasteiger partial charge in [0.15, 0.2) is 0 Å². The molecular weight excluding hydrogens is 548 g/mol. The Morgan fingerprint density at radius 2 is 0.905 bits per heavy atom. The van der Waals surface area contributed by atoms with Gasteiger partial charge in [0.2, 0.25) is 0 Å². The van der Waals surface area contributed by atoms with E-state index in [9.17, 15) is 43.8 Å². The summed E-state index contributed by atoms with van der Waals surface area (Å²) in [6.07, 6.45) is 2.38. The van der Waals surface area contributed by atoms with E-state index in [1.165, 1.54) is 20.8 Å². The quantitative estimate of drug-likeness (QED) is 0.221. The number of carbonyl (C=O) groups is 7. The summed E-state index contributed by atoms with van der Waals surface area (Å²) in [5, 5.41) is 20.1. The van der Waals surface area contributed by atoms with Crippen LogP contribution in [0.1, 0.15) is 66.2 Å². The number of nitrogens with zero attached hydrogens (tertiary/aromatic N) is 4. The fourth-order valence-electron chi connectivity index (χ4n) is 5.22. The molecule has 1 aliphatic heterocycles. The van der Waals surface area contributed by atoms with Gasteiger partial charge >= 0.3 is 11.9 Å². The minimum atomic E-state index is -1.07. The third-order valence-electron chi connectivity index (χ3n) is 7.88. The number of Topliss-reactive ketones (excluding diaryl/α,β-unsaturated/α-hetero) is 3. The zero-order valence-corrected chi connectivity index (χ0v) is 25.4. The largest absolute Gasteiger partial charge is 0.480 e. The predicted octanol–water partition coefficient (Wildman–Crippen LogP) is 0.377. The standard InChI is InChI=1S/C29H48N4O9/c1-21(19-34)30-11-15-32(26(28(39)40)9-6-23(3)37)17-13-31(25(20-35)8-5-22(2)36)14-18-33(16-12-30)27(29(41)42)10-7-24(4)38/h19-21,25-27H,5-18H2,1-4H3,(H,39,40)(H,41,42). The first-order valence-corrected chi connectivity index (χ1v) is 14.6. The Morgan fingerprint density at radius 1 is 0.571 bits per heavy atom. The number of ketones is 3. The van der Waals surface area contributed by atoms with Crippen molar-refractivity contribution < 1.29 is 43.8 Å². The van der Waals surface area contributed by atoms with Crippen molar-refractivity contribution in [1.82, 2.24) is 19.6 Å². The molecule has 0 aromatic carbocycles. The van der Waals surface area contributed by atoms with E-state index < -0.39 is 36.1 Å².